The van der Waals surface area contributed by atoms with Crippen molar-refractivity contribution in [2.75, 3.05) is 25.2 Å². The third-order valence-corrected chi connectivity index (χ3v) is 4.69. The van der Waals surface area contributed by atoms with E-state index >= 15 is 0 Å². The van der Waals surface area contributed by atoms with Crippen LogP contribution in [-0.4, -0.2) is 44.0 Å². The molecule has 156 valence electrons. The smallest absolute Gasteiger partial charge is 0.338 e. The van der Waals surface area contributed by atoms with Crippen LogP contribution in [0.1, 0.15) is 39.1 Å². The number of carbonyl (C=O) groups excluding carboxylic acids is 4. The lowest BCUT2D eigenvalue weighted by atomic mass is 10.1. The summed E-state index contributed by atoms with van der Waals surface area (Å²) in [5.74, 6) is -1.42. The van der Waals surface area contributed by atoms with Crippen LogP contribution in [0.4, 0.5) is 5.69 Å². The molecule has 1 aliphatic heterocycles. The van der Waals surface area contributed by atoms with Crippen molar-refractivity contribution in [3.63, 3.8) is 0 Å². The topological polar surface area (TPSA) is 102 Å². The Kier molecular flexibility index (Phi) is 6.79. The molecule has 1 fully saturated rings. The summed E-state index contributed by atoms with van der Waals surface area (Å²) in [5.41, 5.74) is 2.25. The number of carbonyl (C=O) groups is 4. The molecule has 0 bridgehead atoms. The van der Waals surface area contributed by atoms with Crippen LogP contribution in [-0.2, 0) is 25.6 Å². The first-order valence-corrected chi connectivity index (χ1v) is 9.49. The van der Waals surface area contributed by atoms with Crippen LogP contribution in [0, 0.1) is 0 Å². The van der Waals surface area contributed by atoms with Gasteiger partial charge in [0.25, 0.3) is 5.91 Å². The van der Waals surface area contributed by atoms with Crippen molar-refractivity contribution < 1.29 is 28.7 Å². The fourth-order valence-corrected chi connectivity index (χ4v) is 3.04. The maximum absolute atomic E-state index is 12.1. The molecule has 1 saturated heterocycles. The van der Waals surface area contributed by atoms with Crippen LogP contribution < -0.4 is 10.2 Å². The standard InChI is InChI=1S/C22H22N2O6/c1-29-21(27)16-6-4-15(5-7-16)13-23-19(25)14-30-22(28)17-8-10-18(11-9-17)24-12-2-3-20(24)26/h4-11H,2-3,12-14H2,1H3,(H,23,25). The zero-order chi connectivity index (χ0) is 21.5. The molecule has 8 nitrogen and oxygen atoms in total. The Balaban J connectivity index is 1.44. The van der Waals surface area contributed by atoms with Crippen molar-refractivity contribution in [3.05, 3.63) is 65.2 Å². The van der Waals surface area contributed by atoms with Crippen molar-refractivity contribution in [2.24, 2.45) is 0 Å². The lowest BCUT2D eigenvalue weighted by molar-refractivity contribution is -0.124. The molecule has 0 aromatic heterocycles. The summed E-state index contributed by atoms with van der Waals surface area (Å²) in [7, 11) is 1.31. The van der Waals surface area contributed by atoms with Gasteiger partial charge in [-0.15, -0.1) is 0 Å². The number of esters is 2. The molecule has 2 amide bonds. The first-order valence-electron chi connectivity index (χ1n) is 9.49. The highest BCUT2D eigenvalue weighted by molar-refractivity contribution is 5.96. The van der Waals surface area contributed by atoms with Gasteiger partial charge in [0.05, 0.1) is 18.2 Å². The molecule has 0 atom stereocenters. The van der Waals surface area contributed by atoms with Crippen LogP contribution in [0.25, 0.3) is 0 Å². The first kappa shape index (κ1) is 21.0. The number of benzene rings is 2. The average molecular weight is 410 g/mol. The Labute approximate surface area is 173 Å². The van der Waals surface area contributed by atoms with E-state index in [4.69, 9.17) is 4.74 Å². The van der Waals surface area contributed by atoms with Gasteiger partial charge < -0.3 is 19.7 Å². The van der Waals surface area contributed by atoms with Gasteiger partial charge in [0.1, 0.15) is 0 Å². The van der Waals surface area contributed by atoms with Crippen molar-refractivity contribution in [1.82, 2.24) is 5.32 Å². The van der Waals surface area contributed by atoms with E-state index in [0.717, 1.165) is 17.7 Å². The Hall–Kier alpha value is -3.68. The Morgan fingerprint density at radius 1 is 0.967 bits per heavy atom. The molecule has 0 radical (unpaired) electrons. The molecule has 2 aromatic carbocycles. The predicted molar refractivity (Wildman–Crippen MR) is 108 cm³/mol. The van der Waals surface area contributed by atoms with Gasteiger partial charge in [-0.1, -0.05) is 12.1 Å². The summed E-state index contributed by atoms with van der Waals surface area (Å²) in [6.45, 7) is 0.496. The van der Waals surface area contributed by atoms with E-state index in [2.05, 4.69) is 10.1 Å². The summed E-state index contributed by atoms with van der Waals surface area (Å²) in [6.07, 6.45) is 1.36. The maximum Gasteiger partial charge on any atom is 0.338 e. The number of rotatable bonds is 7. The van der Waals surface area contributed by atoms with Crippen molar-refractivity contribution in [3.8, 4) is 0 Å². The molecule has 1 aliphatic rings. The summed E-state index contributed by atoms with van der Waals surface area (Å²) in [4.78, 5) is 48.9. The number of hydrogen-bond acceptors (Lipinski definition) is 6. The molecule has 8 heteroatoms. The molecule has 0 unspecified atom stereocenters. The average Bonchev–Trinajstić information content (AvgIpc) is 3.21. The van der Waals surface area contributed by atoms with Gasteiger partial charge in [-0.25, -0.2) is 9.59 Å². The van der Waals surface area contributed by atoms with E-state index < -0.39 is 24.5 Å². The van der Waals surface area contributed by atoms with E-state index in [1.165, 1.54) is 7.11 Å². The van der Waals surface area contributed by atoms with Crippen molar-refractivity contribution >= 4 is 29.4 Å². The summed E-state index contributed by atoms with van der Waals surface area (Å²) in [6, 6.07) is 13.1. The van der Waals surface area contributed by atoms with Gasteiger partial charge in [0.15, 0.2) is 6.61 Å². The summed E-state index contributed by atoms with van der Waals surface area (Å²) >= 11 is 0. The minimum Gasteiger partial charge on any atom is -0.465 e. The maximum atomic E-state index is 12.1. The minimum absolute atomic E-state index is 0.0712. The van der Waals surface area contributed by atoms with Gasteiger partial charge >= 0.3 is 11.9 Å². The Morgan fingerprint density at radius 2 is 1.60 bits per heavy atom. The second kappa shape index (κ2) is 9.69. The second-order valence-corrected chi connectivity index (χ2v) is 6.74. The highest BCUT2D eigenvalue weighted by atomic mass is 16.5. The van der Waals surface area contributed by atoms with Gasteiger partial charge in [0.2, 0.25) is 5.91 Å². The van der Waals surface area contributed by atoms with Crippen LogP contribution in [0.3, 0.4) is 0 Å². The zero-order valence-electron chi connectivity index (χ0n) is 16.6. The second-order valence-electron chi connectivity index (χ2n) is 6.74. The number of ether oxygens (including phenoxy) is 2. The van der Waals surface area contributed by atoms with Crippen LogP contribution in [0.5, 0.6) is 0 Å². The third kappa shape index (κ3) is 5.22. The molecule has 0 spiro atoms. The van der Waals surface area contributed by atoms with E-state index in [9.17, 15) is 19.2 Å². The molecular weight excluding hydrogens is 388 g/mol. The highest BCUT2D eigenvalue weighted by Crippen LogP contribution is 2.21. The molecule has 30 heavy (non-hydrogen) atoms. The van der Waals surface area contributed by atoms with Gasteiger partial charge in [-0.05, 0) is 48.4 Å². The molecular formula is C22H22N2O6. The quantitative estimate of drug-likeness (QED) is 0.701. The predicted octanol–water partition coefficient (Wildman–Crippen LogP) is 2.07. The van der Waals surface area contributed by atoms with E-state index in [0.29, 0.717) is 24.1 Å². The lowest BCUT2D eigenvalue weighted by Gasteiger charge is -2.15. The zero-order valence-corrected chi connectivity index (χ0v) is 16.6. The summed E-state index contributed by atoms with van der Waals surface area (Å²) < 4.78 is 9.66. The minimum atomic E-state index is -0.619. The van der Waals surface area contributed by atoms with Crippen LogP contribution in [0.2, 0.25) is 0 Å². The summed E-state index contributed by atoms with van der Waals surface area (Å²) in [5, 5.41) is 2.64. The number of amides is 2. The van der Waals surface area contributed by atoms with Crippen molar-refractivity contribution in [2.45, 2.75) is 19.4 Å². The van der Waals surface area contributed by atoms with Crippen LogP contribution >= 0.6 is 0 Å². The highest BCUT2D eigenvalue weighted by Gasteiger charge is 2.21. The third-order valence-electron chi connectivity index (χ3n) is 4.69. The number of nitrogens with zero attached hydrogens (tertiary/aromatic N) is 1. The molecule has 2 aromatic rings. The van der Waals surface area contributed by atoms with Crippen molar-refractivity contribution in [1.29, 1.82) is 0 Å². The number of anilines is 1. The number of nitrogens with one attached hydrogen (secondary N) is 1. The fraction of sp³-hybridized carbons (Fsp3) is 0.273. The number of hydrogen-bond donors (Lipinski definition) is 1. The van der Waals surface area contributed by atoms with E-state index in [1.807, 2.05) is 0 Å². The largest absolute Gasteiger partial charge is 0.465 e. The molecule has 3 rings (SSSR count). The normalized spacial score (nSPS) is 13.1. The fourth-order valence-electron chi connectivity index (χ4n) is 3.04. The SMILES string of the molecule is COC(=O)c1ccc(CNC(=O)COC(=O)c2ccc(N3CCCC3=O)cc2)cc1. The molecule has 1 N–H and O–H groups in total. The van der Waals surface area contributed by atoms with Gasteiger partial charge in [-0.2, -0.15) is 0 Å². The van der Waals surface area contributed by atoms with Gasteiger partial charge in [-0.3, -0.25) is 9.59 Å². The molecule has 0 aliphatic carbocycles. The van der Waals surface area contributed by atoms with Crippen LogP contribution in [0.15, 0.2) is 48.5 Å². The first-order chi connectivity index (χ1) is 14.5. The molecule has 0 saturated carbocycles. The monoisotopic (exact) mass is 410 g/mol. The molecule has 1 heterocycles. The van der Waals surface area contributed by atoms with E-state index in [1.54, 1.807) is 53.4 Å². The van der Waals surface area contributed by atoms with E-state index in [-0.39, 0.29) is 12.5 Å². The lowest BCUT2D eigenvalue weighted by Crippen LogP contribution is -2.28. The van der Waals surface area contributed by atoms with Gasteiger partial charge in [0, 0.05) is 25.2 Å². The number of methoxy groups -OCH3 is 1. The Morgan fingerprint density at radius 3 is 2.20 bits per heavy atom. The Bertz CT molecular complexity index is 937.